The molecule has 0 saturated heterocycles. The van der Waals surface area contributed by atoms with Crippen molar-refractivity contribution in [1.29, 1.82) is 0 Å². The van der Waals surface area contributed by atoms with Crippen molar-refractivity contribution < 1.29 is 9.59 Å². The van der Waals surface area contributed by atoms with E-state index in [-0.39, 0.29) is 23.2 Å². The van der Waals surface area contributed by atoms with E-state index in [4.69, 9.17) is 0 Å². The van der Waals surface area contributed by atoms with Crippen molar-refractivity contribution in [2.24, 2.45) is 0 Å². The lowest BCUT2D eigenvalue weighted by molar-refractivity contribution is 0.251. The molecule has 0 aliphatic carbocycles. The van der Waals surface area contributed by atoms with Gasteiger partial charge in [-0.2, -0.15) is 0 Å². The number of hydrogen-bond acceptors (Lipinski definition) is 4. The first-order chi connectivity index (χ1) is 14.9. The summed E-state index contributed by atoms with van der Waals surface area (Å²) in [6, 6.07) is 5.19. The molecule has 10 nitrogen and oxygen atoms in total. The van der Waals surface area contributed by atoms with Crippen molar-refractivity contribution in [3.8, 4) is 0 Å². The van der Waals surface area contributed by atoms with Crippen LogP contribution in [0.2, 0.25) is 0 Å². The highest BCUT2D eigenvalue weighted by molar-refractivity contribution is 5.89. The second-order valence-corrected chi connectivity index (χ2v) is 7.01. The van der Waals surface area contributed by atoms with Gasteiger partial charge in [0.2, 0.25) is 0 Å². The SMILES string of the molecule is CCCn1cc(NC(=O)NCCCNC(=O)Nc2ccc(=O)n(CCC)c2)ccc1=O. The average molecular weight is 431 g/mol. The Bertz CT molecular complexity index is 918. The molecule has 0 bridgehead atoms. The first kappa shape index (κ1) is 23.7. The van der Waals surface area contributed by atoms with Crippen LogP contribution in [-0.4, -0.2) is 34.3 Å². The lowest BCUT2D eigenvalue weighted by atomic mass is 10.3. The number of urea groups is 2. The topological polar surface area (TPSA) is 126 Å². The Kier molecular flexibility index (Phi) is 9.34. The molecule has 0 spiro atoms. The van der Waals surface area contributed by atoms with E-state index in [1.165, 1.54) is 12.1 Å². The van der Waals surface area contributed by atoms with Crippen LogP contribution in [0, 0.1) is 0 Å². The molecule has 0 saturated carbocycles. The summed E-state index contributed by atoms with van der Waals surface area (Å²) in [5, 5.41) is 10.8. The molecule has 4 amide bonds. The highest BCUT2D eigenvalue weighted by atomic mass is 16.2. The zero-order chi connectivity index (χ0) is 22.6. The Morgan fingerprint density at radius 2 is 1.16 bits per heavy atom. The Morgan fingerprint density at radius 3 is 1.55 bits per heavy atom. The lowest BCUT2D eigenvalue weighted by Crippen LogP contribution is -2.34. The van der Waals surface area contributed by atoms with Gasteiger partial charge in [0.25, 0.3) is 11.1 Å². The summed E-state index contributed by atoms with van der Waals surface area (Å²) in [6.45, 7) is 5.84. The van der Waals surface area contributed by atoms with Crippen LogP contribution in [-0.2, 0) is 13.1 Å². The van der Waals surface area contributed by atoms with Crippen LogP contribution in [0.4, 0.5) is 21.0 Å². The van der Waals surface area contributed by atoms with Gasteiger partial charge in [0.05, 0.1) is 11.4 Å². The summed E-state index contributed by atoms with van der Waals surface area (Å²) >= 11 is 0. The van der Waals surface area contributed by atoms with Gasteiger partial charge in [-0.1, -0.05) is 13.8 Å². The van der Waals surface area contributed by atoms with Crippen molar-refractivity contribution >= 4 is 23.4 Å². The van der Waals surface area contributed by atoms with E-state index >= 15 is 0 Å². The number of aromatic nitrogens is 2. The lowest BCUT2D eigenvalue weighted by Gasteiger charge is -2.11. The molecule has 0 aliphatic heterocycles. The summed E-state index contributed by atoms with van der Waals surface area (Å²) < 4.78 is 3.10. The van der Waals surface area contributed by atoms with Crippen molar-refractivity contribution in [2.45, 2.75) is 46.2 Å². The fourth-order valence-electron chi connectivity index (χ4n) is 2.88. The molecule has 4 N–H and O–H groups in total. The van der Waals surface area contributed by atoms with Crippen molar-refractivity contribution in [2.75, 3.05) is 23.7 Å². The zero-order valence-corrected chi connectivity index (χ0v) is 17.9. The Labute approximate surface area is 180 Å². The largest absolute Gasteiger partial charge is 0.338 e. The van der Waals surface area contributed by atoms with Gasteiger partial charge in [0.15, 0.2) is 0 Å². The van der Waals surface area contributed by atoms with Crippen LogP contribution in [0.15, 0.2) is 46.2 Å². The quantitative estimate of drug-likeness (QED) is 0.431. The molecular weight excluding hydrogens is 400 g/mol. The third-order valence-corrected chi connectivity index (χ3v) is 4.34. The number of carbonyl (C=O) groups is 2. The van der Waals surface area contributed by atoms with E-state index in [2.05, 4.69) is 21.3 Å². The maximum Gasteiger partial charge on any atom is 0.319 e. The highest BCUT2D eigenvalue weighted by Crippen LogP contribution is 2.04. The molecule has 0 aromatic carbocycles. The number of hydrogen-bond donors (Lipinski definition) is 4. The summed E-state index contributed by atoms with van der Waals surface area (Å²) in [6.07, 6.45) is 5.39. The second kappa shape index (κ2) is 12.2. The molecule has 31 heavy (non-hydrogen) atoms. The molecule has 0 aliphatic rings. The van der Waals surface area contributed by atoms with Crippen LogP contribution in [0.3, 0.4) is 0 Å². The molecule has 2 aromatic heterocycles. The van der Waals surface area contributed by atoms with Gasteiger partial charge in [0.1, 0.15) is 0 Å². The van der Waals surface area contributed by atoms with Crippen molar-refractivity contribution in [3.63, 3.8) is 0 Å². The number of nitrogens with one attached hydrogen (secondary N) is 4. The maximum atomic E-state index is 12.0. The van der Waals surface area contributed by atoms with E-state index in [1.54, 1.807) is 33.7 Å². The number of aryl methyl sites for hydroxylation is 2. The summed E-state index contributed by atoms with van der Waals surface area (Å²) in [5.41, 5.74) is 0.850. The van der Waals surface area contributed by atoms with Gasteiger partial charge in [-0.25, -0.2) is 9.59 Å². The van der Waals surface area contributed by atoms with Crippen LogP contribution in [0.1, 0.15) is 33.1 Å². The van der Waals surface area contributed by atoms with Crippen LogP contribution in [0.5, 0.6) is 0 Å². The van der Waals surface area contributed by atoms with E-state index in [0.717, 1.165) is 12.8 Å². The molecular formula is C21H30N6O4. The minimum Gasteiger partial charge on any atom is -0.338 e. The Balaban J connectivity index is 1.68. The summed E-state index contributed by atoms with van der Waals surface area (Å²) in [5.74, 6) is 0. The molecule has 2 heterocycles. The molecule has 2 rings (SSSR count). The first-order valence-corrected chi connectivity index (χ1v) is 10.4. The first-order valence-electron chi connectivity index (χ1n) is 10.4. The number of amides is 4. The summed E-state index contributed by atoms with van der Waals surface area (Å²) in [7, 11) is 0. The third-order valence-electron chi connectivity index (χ3n) is 4.34. The van der Waals surface area contributed by atoms with E-state index < -0.39 is 0 Å². The number of anilines is 2. The van der Waals surface area contributed by atoms with Crippen LogP contribution in [0.25, 0.3) is 0 Å². The predicted octanol–water partition coefficient (Wildman–Crippen LogP) is 2.16. The minimum absolute atomic E-state index is 0.110. The van der Waals surface area contributed by atoms with E-state index in [0.29, 0.717) is 44.0 Å². The van der Waals surface area contributed by atoms with E-state index in [9.17, 15) is 19.2 Å². The average Bonchev–Trinajstić information content (AvgIpc) is 2.73. The molecule has 0 atom stereocenters. The molecule has 10 heteroatoms. The van der Waals surface area contributed by atoms with Gasteiger partial charge in [-0.3, -0.25) is 9.59 Å². The Hall–Kier alpha value is -3.56. The molecule has 2 aromatic rings. The van der Waals surface area contributed by atoms with Gasteiger partial charge in [-0.15, -0.1) is 0 Å². The van der Waals surface area contributed by atoms with Crippen molar-refractivity contribution in [3.05, 3.63) is 57.4 Å². The third kappa shape index (κ3) is 8.00. The van der Waals surface area contributed by atoms with Gasteiger partial charge < -0.3 is 30.4 Å². The minimum atomic E-state index is -0.385. The molecule has 0 unspecified atom stereocenters. The van der Waals surface area contributed by atoms with Crippen LogP contribution < -0.4 is 32.4 Å². The van der Waals surface area contributed by atoms with Gasteiger partial charge >= 0.3 is 12.1 Å². The number of carbonyl (C=O) groups excluding carboxylic acids is 2. The van der Waals surface area contributed by atoms with Crippen molar-refractivity contribution in [1.82, 2.24) is 19.8 Å². The standard InChI is InChI=1S/C21H30N6O4/c1-3-12-26-14-16(6-8-18(26)28)24-20(30)22-10-5-11-23-21(31)25-17-7-9-19(29)27(15-17)13-4-2/h6-9,14-15H,3-5,10-13H2,1-2H3,(H2,22,24,30)(H2,23,25,31). The maximum absolute atomic E-state index is 12.0. The smallest absolute Gasteiger partial charge is 0.319 e. The van der Waals surface area contributed by atoms with E-state index in [1.807, 2.05) is 13.8 Å². The molecule has 0 fully saturated rings. The summed E-state index contributed by atoms with van der Waals surface area (Å²) in [4.78, 5) is 47.4. The zero-order valence-electron chi connectivity index (χ0n) is 17.9. The van der Waals surface area contributed by atoms with Gasteiger partial charge in [0, 0.05) is 50.7 Å². The van der Waals surface area contributed by atoms with Gasteiger partial charge in [-0.05, 0) is 31.4 Å². The highest BCUT2D eigenvalue weighted by Gasteiger charge is 2.05. The number of pyridine rings is 2. The fraction of sp³-hybridized carbons (Fsp3) is 0.429. The monoisotopic (exact) mass is 430 g/mol. The second-order valence-electron chi connectivity index (χ2n) is 7.01. The fourth-order valence-corrected chi connectivity index (χ4v) is 2.88. The van der Waals surface area contributed by atoms with Crippen LogP contribution >= 0.6 is 0 Å². The molecule has 168 valence electrons. The predicted molar refractivity (Wildman–Crippen MR) is 121 cm³/mol. The number of rotatable bonds is 10. The number of nitrogens with zero attached hydrogens (tertiary/aromatic N) is 2. The Morgan fingerprint density at radius 1 is 0.742 bits per heavy atom. The normalized spacial score (nSPS) is 10.4. The molecule has 0 radical (unpaired) electrons.